The van der Waals surface area contributed by atoms with Crippen LogP contribution in [0.25, 0.3) is 0 Å². The highest BCUT2D eigenvalue weighted by molar-refractivity contribution is 4.79. The first-order valence-electron chi connectivity index (χ1n) is 7.61. The second-order valence-electron chi connectivity index (χ2n) is 5.53. The average Bonchev–Trinajstić information content (AvgIpc) is 2.64. The molecule has 2 heterocycles. The molecule has 2 aliphatic rings. The van der Waals surface area contributed by atoms with Crippen LogP contribution in [0.2, 0.25) is 0 Å². The van der Waals surface area contributed by atoms with Crippen molar-refractivity contribution in [2.45, 2.75) is 38.8 Å². The maximum atomic E-state index is 5.90. The van der Waals surface area contributed by atoms with Gasteiger partial charge in [0.25, 0.3) is 0 Å². The Morgan fingerprint density at radius 1 is 1.17 bits per heavy atom. The Balaban J connectivity index is 1.75. The van der Waals surface area contributed by atoms with Crippen molar-refractivity contribution in [1.82, 2.24) is 15.1 Å². The Kier molecular flexibility index (Phi) is 5.89. The van der Waals surface area contributed by atoms with Crippen LogP contribution in [0.1, 0.15) is 26.7 Å². The van der Waals surface area contributed by atoms with Gasteiger partial charge in [-0.1, -0.05) is 13.8 Å². The van der Waals surface area contributed by atoms with Gasteiger partial charge < -0.3 is 10.1 Å². The maximum Gasteiger partial charge on any atom is 0.0829 e. The predicted molar refractivity (Wildman–Crippen MR) is 75.0 cm³/mol. The highest BCUT2D eigenvalue weighted by atomic mass is 16.5. The summed E-state index contributed by atoms with van der Waals surface area (Å²) >= 11 is 0. The zero-order valence-corrected chi connectivity index (χ0v) is 12.0. The van der Waals surface area contributed by atoms with Crippen molar-refractivity contribution in [3.8, 4) is 0 Å². The Bertz CT molecular complexity index is 237. The molecule has 0 aromatic carbocycles. The standard InChI is InChI=1S/C14H29N3O/c1-3-13-5-7-17(8-6-15-13)12-14-11-16(4-2)9-10-18-14/h13-15H,3-12H2,1-2H3. The second kappa shape index (κ2) is 7.43. The molecule has 0 radical (unpaired) electrons. The molecule has 106 valence electrons. The van der Waals surface area contributed by atoms with Gasteiger partial charge in [-0.25, -0.2) is 0 Å². The fourth-order valence-corrected chi connectivity index (χ4v) is 2.98. The molecule has 0 aromatic heterocycles. The van der Waals surface area contributed by atoms with Gasteiger partial charge in [0.1, 0.15) is 0 Å². The molecule has 4 heteroatoms. The Labute approximate surface area is 112 Å². The lowest BCUT2D eigenvalue weighted by molar-refractivity contribution is -0.0411. The van der Waals surface area contributed by atoms with E-state index in [2.05, 4.69) is 29.0 Å². The summed E-state index contributed by atoms with van der Waals surface area (Å²) in [7, 11) is 0. The lowest BCUT2D eigenvalue weighted by Crippen LogP contribution is -2.47. The highest BCUT2D eigenvalue weighted by Gasteiger charge is 2.23. The minimum atomic E-state index is 0.414. The zero-order valence-electron chi connectivity index (χ0n) is 12.0. The summed E-state index contributed by atoms with van der Waals surface area (Å²) in [6, 6.07) is 0.717. The van der Waals surface area contributed by atoms with Gasteiger partial charge in [-0.3, -0.25) is 9.80 Å². The summed E-state index contributed by atoms with van der Waals surface area (Å²) in [5, 5.41) is 3.63. The number of nitrogens with zero attached hydrogens (tertiary/aromatic N) is 2. The van der Waals surface area contributed by atoms with Crippen LogP contribution < -0.4 is 5.32 Å². The third kappa shape index (κ3) is 4.19. The molecule has 2 unspecified atom stereocenters. The minimum absolute atomic E-state index is 0.414. The molecule has 0 bridgehead atoms. The van der Waals surface area contributed by atoms with Gasteiger partial charge in [0.05, 0.1) is 12.7 Å². The monoisotopic (exact) mass is 255 g/mol. The highest BCUT2D eigenvalue weighted by Crippen LogP contribution is 2.10. The van der Waals surface area contributed by atoms with Crippen molar-refractivity contribution < 1.29 is 4.74 Å². The van der Waals surface area contributed by atoms with Crippen molar-refractivity contribution in [1.29, 1.82) is 0 Å². The lowest BCUT2D eigenvalue weighted by Gasteiger charge is -2.34. The van der Waals surface area contributed by atoms with Gasteiger partial charge in [-0.15, -0.1) is 0 Å². The predicted octanol–water partition coefficient (Wildman–Crippen LogP) is 0.781. The van der Waals surface area contributed by atoms with E-state index in [1.807, 2.05) is 0 Å². The van der Waals surface area contributed by atoms with Crippen molar-refractivity contribution in [2.24, 2.45) is 0 Å². The molecule has 2 saturated heterocycles. The molecule has 1 N–H and O–H groups in total. The Morgan fingerprint density at radius 2 is 2.06 bits per heavy atom. The lowest BCUT2D eigenvalue weighted by atomic mass is 10.1. The number of hydrogen-bond donors (Lipinski definition) is 1. The molecule has 4 nitrogen and oxygen atoms in total. The van der Waals surface area contributed by atoms with E-state index in [1.165, 1.54) is 25.9 Å². The van der Waals surface area contributed by atoms with E-state index in [1.54, 1.807) is 0 Å². The van der Waals surface area contributed by atoms with Gasteiger partial charge in [0, 0.05) is 38.8 Å². The number of morpholine rings is 1. The molecular weight excluding hydrogens is 226 g/mol. The van der Waals surface area contributed by atoms with E-state index in [9.17, 15) is 0 Å². The summed E-state index contributed by atoms with van der Waals surface area (Å²) in [4.78, 5) is 5.07. The smallest absolute Gasteiger partial charge is 0.0829 e. The van der Waals surface area contributed by atoms with E-state index in [4.69, 9.17) is 4.74 Å². The van der Waals surface area contributed by atoms with Crippen LogP contribution in [0.15, 0.2) is 0 Å². The molecular formula is C14H29N3O. The van der Waals surface area contributed by atoms with E-state index >= 15 is 0 Å². The number of likely N-dealkylation sites (N-methyl/N-ethyl adjacent to an activating group) is 1. The van der Waals surface area contributed by atoms with E-state index in [-0.39, 0.29) is 0 Å². The molecule has 0 aliphatic carbocycles. The average molecular weight is 255 g/mol. The zero-order chi connectivity index (χ0) is 12.8. The third-order valence-corrected chi connectivity index (χ3v) is 4.28. The van der Waals surface area contributed by atoms with Crippen molar-refractivity contribution in [3.63, 3.8) is 0 Å². The Hall–Kier alpha value is -0.160. The molecule has 2 rings (SSSR count). The number of nitrogens with one attached hydrogen (secondary N) is 1. The van der Waals surface area contributed by atoms with Gasteiger partial charge in [0.2, 0.25) is 0 Å². The topological polar surface area (TPSA) is 27.7 Å². The van der Waals surface area contributed by atoms with Crippen LogP contribution in [0.5, 0.6) is 0 Å². The van der Waals surface area contributed by atoms with Crippen LogP contribution in [-0.4, -0.2) is 74.4 Å². The molecule has 2 fully saturated rings. The van der Waals surface area contributed by atoms with Crippen molar-refractivity contribution in [3.05, 3.63) is 0 Å². The molecule has 0 amide bonds. The number of rotatable bonds is 4. The summed E-state index contributed by atoms with van der Waals surface area (Å²) in [5.74, 6) is 0. The minimum Gasteiger partial charge on any atom is -0.374 e. The first-order chi connectivity index (χ1) is 8.81. The van der Waals surface area contributed by atoms with Crippen molar-refractivity contribution >= 4 is 0 Å². The largest absolute Gasteiger partial charge is 0.374 e. The van der Waals surface area contributed by atoms with Crippen molar-refractivity contribution in [2.75, 3.05) is 52.4 Å². The van der Waals surface area contributed by atoms with Crippen LogP contribution in [-0.2, 0) is 4.74 Å². The van der Waals surface area contributed by atoms with Gasteiger partial charge >= 0.3 is 0 Å². The van der Waals surface area contributed by atoms with Gasteiger partial charge in [-0.05, 0) is 25.9 Å². The van der Waals surface area contributed by atoms with E-state index < -0.39 is 0 Å². The molecule has 2 aliphatic heterocycles. The van der Waals surface area contributed by atoms with Crippen LogP contribution >= 0.6 is 0 Å². The summed E-state index contributed by atoms with van der Waals surface area (Å²) < 4.78 is 5.90. The third-order valence-electron chi connectivity index (χ3n) is 4.28. The van der Waals surface area contributed by atoms with Crippen LogP contribution in [0.3, 0.4) is 0 Å². The molecule has 2 atom stereocenters. The van der Waals surface area contributed by atoms with E-state index in [0.717, 1.165) is 45.4 Å². The van der Waals surface area contributed by atoms with Crippen LogP contribution in [0, 0.1) is 0 Å². The second-order valence-corrected chi connectivity index (χ2v) is 5.53. The maximum absolute atomic E-state index is 5.90. The summed E-state index contributed by atoms with van der Waals surface area (Å²) in [6.07, 6.45) is 2.94. The van der Waals surface area contributed by atoms with Gasteiger partial charge in [0.15, 0.2) is 0 Å². The molecule has 0 saturated carbocycles. The quantitative estimate of drug-likeness (QED) is 0.803. The summed E-state index contributed by atoms with van der Waals surface area (Å²) in [5.41, 5.74) is 0. The molecule has 18 heavy (non-hydrogen) atoms. The van der Waals surface area contributed by atoms with Crippen LogP contribution in [0.4, 0.5) is 0 Å². The van der Waals surface area contributed by atoms with E-state index in [0.29, 0.717) is 6.10 Å². The number of hydrogen-bond acceptors (Lipinski definition) is 4. The summed E-state index contributed by atoms with van der Waals surface area (Å²) in [6.45, 7) is 13.4. The number of ether oxygens (including phenoxy) is 1. The SMILES string of the molecule is CCC1CCN(CC2CN(CC)CCO2)CCN1. The molecule has 0 aromatic rings. The normalized spacial score (nSPS) is 32.3. The fraction of sp³-hybridized carbons (Fsp3) is 1.00. The fourth-order valence-electron chi connectivity index (χ4n) is 2.98. The Morgan fingerprint density at radius 3 is 2.83 bits per heavy atom. The van der Waals surface area contributed by atoms with Gasteiger partial charge in [-0.2, -0.15) is 0 Å². The first kappa shape index (κ1) is 14.3. The molecule has 0 spiro atoms. The first-order valence-corrected chi connectivity index (χ1v) is 7.61.